The molecular weight excluding hydrogens is 1200 g/mol. The first-order valence-corrected chi connectivity index (χ1v) is 29.5. The molecule has 0 spiro atoms. The van der Waals surface area contributed by atoms with E-state index in [2.05, 4.69) is 32.2 Å². The molecule has 32 nitrogen and oxygen atoms in total. The van der Waals surface area contributed by atoms with Gasteiger partial charge in [0.1, 0.15) is 66.0 Å². The molecule has 1 aromatic heterocycles. The molecule has 3 fully saturated rings. The number of rotatable bonds is 18. The number of phenolic OH excluding ortho intramolecular Hbond substituents is 1. The molecule has 8 amide bonds. The predicted molar refractivity (Wildman–Crippen MR) is 304 cm³/mol. The van der Waals surface area contributed by atoms with Crippen LogP contribution in [-0.4, -0.2) is 220 Å². The summed E-state index contributed by atoms with van der Waals surface area (Å²) in [6.45, 7) is 3.74. The number of phenols is 1. The lowest BCUT2D eigenvalue weighted by molar-refractivity contribution is -0.149. The molecule has 4 heterocycles. The van der Waals surface area contributed by atoms with Gasteiger partial charge in [-0.3, -0.25) is 42.9 Å². The van der Waals surface area contributed by atoms with Crippen molar-refractivity contribution < 1.29 is 111 Å². The quantitative estimate of drug-likeness (QED) is 0.0334. The van der Waals surface area contributed by atoms with Crippen molar-refractivity contribution in [3.8, 4) is 39.8 Å². The smallest absolute Gasteiger partial charge is 0.446 e. The number of nitrogens with zero attached hydrogens (tertiary/aromatic N) is 3. The molecule has 0 radical (unpaired) electrons. The summed E-state index contributed by atoms with van der Waals surface area (Å²) in [5.41, 5.74) is 6.17. The Balaban J connectivity index is 1.22. The SMILES string of the molecule is CCCCCOc1ccc(-c2cc(-c3ccc(C(=O)N[C@@H]4C[C@@H](O)[C@@H](O)NC(=O)[C@@H]5[C@@H](O)[C@@H](C)CN5C(=O)[C@H]([C@H](O)CC(N)=O)NC(=O)[C@H]([C@H](O)[C@@H](O)c5ccc(O)c(OS(=O)(=O)O)c5)NC(=O)[C@@H]5C[C@@H](O)CN5C(=O)[C@H]([C@@H](C)O)NC4=O)cc3)no2)cc1. The molecule has 7 rings (SSSR count). The molecule has 33 heteroatoms. The summed E-state index contributed by atoms with van der Waals surface area (Å²) in [4.78, 5) is 115. The maximum absolute atomic E-state index is 14.7. The third-order valence-electron chi connectivity index (χ3n) is 15.2. The minimum atomic E-state index is -5.35. The largest absolute Gasteiger partial charge is 0.504 e. The fourth-order valence-electron chi connectivity index (χ4n) is 10.3. The van der Waals surface area contributed by atoms with Gasteiger partial charge < -0.3 is 102 Å². The summed E-state index contributed by atoms with van der Waals surface area (Å²) in [6, 6.07) is 3.52. The second-order valence-electron chi connectivity index (χ2n) is 21.9. The third-order valence-corrected chi connectivity index (χ3v) is 15.6. The highest BCUT2D eigenvalue weighted by molar-refractivity contribution is 7.81. The number of unbranched alkanes of at least 4 members (excludes halogenated alkanes) is 2. The van der Waals surface area contributed by atoms with Crippen LogP contribution in [0.1, 0.15) is 81.3 Å². The van der Waals surface area contributed by atoms with E-state index in [1.165, 1.54) is 31.2 Å². The molecule has 89 heavy (non-hydrogen) atoms. The maximum Gasteiger partial charge on any atom is 0.446 e. The average Bonchev–Trinajstić information content (AvgIpc) is 2.76. The van der Waals surface area contributed by atoms with E-state index in [9.17, 15) is 97.3 Å². The number of carbonyl (C=O) groups excluding carboxylic acids is 8. The number of ether oxygens (including phenoxy) is 1. The van der Waals surface area contributed by atoms with E-state index < -0.39 is 198 Å². The van der Waals surface area contributed by atoms with Crippen LogP contribution in [0.3, 0.4) is 0 Å². The Kier molecular flexibility index (Phi) is 22.4. The molecule has 0 bridgehead atoms. The van der Waals surface area contributed by atoms with Gasteiger partial charge in [0.25, 0.3) is 5.91 Å². The Morgan fingerprint density at radius 2 is 1.43 bits per heavy atom. The van der Waals surface area contributed by atoms with Gasteiger partial charge in [0.05, 0.1) is 37.4 Å². The number of primary amides is 1. The van der Waals surface area contributed by atoms with Gasteiger partial charge in [-0.15, -0.1) is 0 Å². The van der Waals surface area contributed by atoms with Crippen LogP contribution in [0.25, 0.3) is 22.6 Å². The van der Waals surface area contributed by atoms with Crippen LogP contribution in [0, 0.1) is 5.92 Å². The second-order valence-corrected chi connectivity index (χ2v) is 22.9. The number of benzene rings is 3. The number of aromatic nitrogens is 1. The number of hydrogen-bond donors (Lipinski definition) is 16. The Hall–Kier alpha value is -8.38. The fraction of sp³-hybridized carbons (Fsp3) is 0.482. The van der Waals surface area contributed by atoms with Crippen LogP contribution in [0.2, 0.25) is 0 Å². The van der Waals surface area contributed by atoms with Crippen LogP contribution in [-0.2, 0) is 44.0 Å². The van der Waals surface area contributed by atoms with Crippen molar-refractivity contribution in [1.82, 2.24) is 41.5 Å². The van der Waals surface area contributed by atoms with Gasteiger partial charge in [0.15, 0.2) is 23.5 Å². The first-order valence-electron chi connectivity index (χ1n) is 28.1. The molecule has 3 aliphatic heterocycles. The van der Waals surface area contributed by atoms with E-state index in [-0.39, 0.29) is 5.56 Å². The maximum atomic E-state index is 14.7. The molecule has 0 aliphatic carbocycles. The van der Waals surface area contributed by atoms with Crippen molar-refractivity contribution in [2.75, 3.05) is 19.7 Å². The van der Waals surface area contributed by atoms with Crippen molar-refractivity contribution in [2.24, 2.45) is 11.7 Å². The number of fused-ring (bicyclic) bond motifs is 2. The zero-order valence-corrected chi connectivity index (χ0v) is 48.9. The van der Waals surface area contributed by atoms with Crippen LogP contribution >= 0.6 is 0 Å². The zero-order chi connectivity index (χ0) is 65.3. The summed E-state index contributed by atoms with van der Waals surface area (Å²) in [5, 5.41) is 116. The first-order chi connectivity index (χ1) is 42.0. The van der Waals surface area contributed by atoms with Crippen LogP contribution in [0.5, 0.6) is 17.2 Å². The molecule has 3 aromatic carbocycles. The van der Waals surface area contributed by atoms with E-state index in [4.69, 9.17) is 15.0 Å². The van der Waals surface area contributed by atoms with E-state index in [1.807, 2.05) is 10.6 Å². The third kappa shape index (κ3) is 16.9. The first kappa shape index (κ1) is 68.1. The molecule has 0 unspecified atom stereocenters. The number of aliphatic hydroxyl groups is 8. The Morgan fingerprint density at radius 1 is 0.787 bits per heavy atom. The molecule has 0 saturated carbocycles. The summed E-state index contributed by atoms with van der Waals surface area (Å²) < 4.78 is 48.1. The van der Waals surface area contributed by atoms with Crippen LogP contribution < -0.4 is 41.2 Å². The van der Waals surface area contributed by atoms with Crippen molar-refractivity contribution in [2.45, 2.75) is 145 Å². The number of hydrogen-bond acceptors (Lipinski definition) is 23. The van der Waals surface area contributed by atoms with Crippen molar-refractivity contribution in [1.29, 1.82) is 0 Å². The predicted octanol–water partition coefficient (Wildman–Crippen LogP) is -3.90. The zero-order valence-electron chi connectivity index (χ0n) is 48.1. The second kappa shape index (κ2) is 29.3. The number of aliphatic hydroxyl groups excluding tert-OH is 8. The molecule has 15 atom stereocenters. The minimum Gasteiger partial charge on any atom is -0.504 e. The number of nitrogens with one attached hydrogen (secondary N) is 5. The lowest BCUT2D eigenvalue weighted by Crippen LogP contribution is -2.64. The normalized spacial score (nSPS) is 26.4. The summed E-state index contributed by atoms with van der Waals surface area (Å²) in [7, 11) is -5.35. The lowest BCUT2D eigenvalue weighted by Gasteiger charge is -2.34. The highest BCUT2D eigenvalue weighted by atomic mass is 32.3. The lowest BCUT2D eigenvalue weighted by atomic mass is 9.96. The fourth-order valence-corrected chi connectivity index (χ4v) is 10.7. The van der Waals surface area contributed by atoms with Gasteiger partial charge in [0.2, 0.25) is 41.4 Å². The van der Waals surface area contributed by atoms with Crippen LogP contribution in [0.4, 0.5) is 0 Å². The van der Waals surface area contributed by atoms with Crippen molar-refractivity contribution >= 4 is 57.7 Å². The monoisotopic (exact) mass is 1270 g/mol. The Morgan fingerprint density at radius 3 is 2.07 bits per heavy atom. The Bertz CT molecular complexity index is 3340. The van der Waals surface area contributed by atoms with Crippen molar-refractivity contribution in [3.63, 3.8) is 0 Å². The van der Waals surface area contributed by atoms with E-state index in [0.717, 1.165) is 32.3 Å². The van der Waals surface area contributed by atoms with Gasteiger partial charge in [-0.25, -0.2) is 0 Å². The molecule has 3 saturated heterocycles. The van der Waals surface area contributed by atoms with Gasteiger partial charge in [-0.2, -0.15) is 8.42 Å². The summed E-state index contributed by atoms with van der Waals surface area (Å²) in [5.74, 6) is -12.9. The van der Waals surface area contributed by atoms with Gasteiger partial charge >= 0.3 is 10.4 Å². The van der Waals surface area contributed by atoms with E-state index in [1.54, 1.807) is 30.3 Å². The number of carbonyl (C=O) groups is 8. The number of aromatic hydroxyl groups is 1. The minimum absolute atomic E-state index is 0.107. The van der Waals surface area contributed by atoms with Gasteiger partial charge in [-0.1, -0.05) is 50.0 Å². The summed E-state index contributed by atoms with van der Waals surface area (Å²) >= 11 is 0. The molecule has 3 aliphatic rings. The van der Waals surface area contributed by atoms with Gasteiger partial charge in [0, 0.05) is 54.6 Å². The van der Waals surface area contributed by atoms with Crippen LogP contribution in [0.15, 0.2) is 77.3 Å². The number of nitrogens with two attached hydrogens (primary N) is 1. The Labute approximate surface area is 507 Å². The standard InChI is InChI=1S/C56H71N9O23S/c1-4-5-6-17-86-32-14-11-28(12-15-32)39-21-33(63-87-39)27-7-9-29(10-8-27)49(75)58-34-20-38(70)52(78)62-54(80)45-46(72)25(2)23-65(45)56(82)43(37(69)22-41(57)71)60-53(79)44(48(74)47(73)30-13-16-36(68)40(18-30)88-89(83,84)85)61-51(77)35-19-31(67)24-64(35)55(81)42(26(3)66)59-50(34)76/h7-16,18,21,25-26,31,34-35,37-38,42-48,52,66-70,72-74,78H,4-6,17,19-20,22-24H2,1-3H3,(H2,57,71)(H,58,75)(H,59,76)(H,60,79)(H,61,77)(H,62,80)(H,83,84,85)/t25-,26+,31+,34+,35-,37+,38+,42-,43-,44-,45-,46-,47-,48-,52+/m0/s1. The van der Waals surface area contributed by atoms with E-state index in [0.29, 0.717) is 56.9 Å². The van der Waals surface area contributed by atoms with Crippen molar-refractivity contribution in [3.05, 3.63) is 83.9 Å². The van der Waals surface area contributed by atoms with Gasteiger partial charge in [-0.05, 0) is 67.4 Å². The molecule has 17 N–H and O–H groups in total. The molecular formula is C56H71N9O23S. The topological polar surface area (TPSA) is 510 Å². The summed E-state index contributed by atoms with van der Waals surface area (Å²) in [6.07, 6.45) is -17.3. The molecule has 484 valence electrons. The average molecular weight is 1270 g/mol. The highest BCUT2D eigenvalue weighted by Crippen LogP contribution is 2.34. The van der Waals surface area contributed by atoms with E-state index >= 15 is 0 Å². The molecule has 4 aromatic rings. The highest BCUT2D eigenvalue weighted by Gasteiger charge is 2.51. The number of amides is 8.